The van der Waals surface area contributed by atoms with Crippen LogP contribution >= 0.6 is 0 Å². The van der Waals surface area contributed by atoms with Crippen molar-refractivity contribution in [3.63, 3.8) is 0 Å². The first kappa shape index (κ1) is 19.3. The zero-order valence-corrected chi connectivity index (χ0v) is 16.8. The lowest BCUT2D eigenvalue weighted by molar-refractivity contribution is -0.126. The lowest BCUT2D eigenvalue weighted by atomic mass is 9.77. The van der Waals surface area contributed by atoms with Gasteiger partial charge in [-0.1, -0.05) is 80.4 Å². The van der Waals surface area contributed by atoms with Gasteiger partial charge in [0.05, 0.1) is 18.6 Å². The number of nitrogens with zero attached hydrogens (tertiary/aromatic N) is 1. The molecular formula is C26H27NO2. The number of rotatable bonds is 8. The maximum Gasteiger partial charge on any atom is 0.237 e. The van der Waals surface area contributed by atoms with Crippen LogP contribution in [0.2, 0.25) is 0 Å². The van der Waals surface area contributed by atoms with Crippen LogP contribution in [0.4, 0.5) is 5.69 Å². The molecule has 29 heavy (non-hydrogen) atoms. The molecule has 4 rings (SSSR count). The van der Waals surface area contributed by atoms with Crippen molar-refractivity contribution in [2.45, 2.75) is 38.1 Å². The number of unbranched alkanes of at least 4 members (excludes halogenated alkanes) is 2. The zero-order chi connectivity index (χ0) is 20.1. The Morgan fingerprint density at radius 3 is 2.10 bits per heavy atom. The van der Waals surface area contributed by atoms with Crippen LogP contribution in [0.25, 0.3) is 0 Å². The van der Waals surface area contributed by atoms with E-state index in [1.807, 2.05) is 77.7 Å². The van der Waals surface area contributed by atoms with E-state index in [9.17, 15) is 4.79 Å². The quantitative estimate of drug-likeness (QED) is 0.345. The van der Waals surface area contributed by atoms with E-state index in [0.29, 0.717) is 0 Å². The van der Waals surface area contributed by atoms with Crippen LogP contribution in [0.3, 0.4) is 0 Å². The van der Waals surface area contributed by atoms with Crippen LogP contribution in [0.15, 0.2) is 84.9 Å². The first-order chi connectivity index (χ1) is 14.3. The first-order valence-electron chi connectivity index (χ1n) is 10.5. The summed E-state index contributed by atoms with van der Waals surface area (Å²) in [6.45, 7) is 2.94. The normalized spacial score (nSPS) is 18.4. The van der Waals surface area contributed by atoms with Crippen LogP contribution in [0.1, 0.15) is 49.3 Å². The van der Waals surface area contributed by atoms with E-state index in [-0.39, 0.29) is 17.9 Å². The third-order valence-corrected chi connectivity index (χ3v) is 5.53. The number of carbonyl (C=O) groups excluding carboxylic acids is 1. The van der Waals surface area contributed by atoms with Crippen molar-refractivity contribution in [3.05, 3.63) is 96.1 Å². The second-order valence-electron chi connectivity index (χ2n) is 7.50. The summed E-state index contributed by atoms with van der Waals surface area (Å²) in [5, 5.41) is 0. The fourth-order valence-corrected chi connectivity index (χ4v) is 4.00. The third kappa shape index (κ3) is 4.04. The average molecular weight is 386 g/mol. The number of ether oxygens (including phenoxy) is 1. The van der Waals surface area contributed by atoms with Crippen molar-refractivity contribution in [1.82, 2.24) is 0 Å². The molecule has 1 heterocycles. The molecule has 2 unspecified atom stereocenters. The van der Waals surface area contributed by atoms with E-state index in [2.05, 4.69) is 19.1 Å². The summed E-state index contributed by atoms with van der Waals surface area (Å²) in [6.07, 6.45) is 3.45. The number of benzene rings is 3. The van der Waals surface area contributed by atoms with Gasteiger partial charge in [-0.15, -0.1) is 0 Å². The molecule has 3 aromatic carbocycles. The number of para-hydroxylation sites is 1. The highest BCUT2D eigenvalue weighted by Crippen LogP contribution is 2.48. The van der Waals surface area contributed by atoms with Crippen LogP contribution in [-0.2, 0) is 4.79 Å². The van der Waals surface area contributed by atoms with Gasteiger partial charge >= 0.3 is 0 Å². The van der Waals surface area contributed by atoms with Crippen molar-refractivity contribution in [2.75, 3.05) is 11.5 Å². The Labute approximate surface area is 172 Å². The van der Waals surface area contributed by atoms with Crippen LogP contribution in [0, 0.1) is 0 Å². The highest BCUT2D eigenvalue weighted by atomic mass is 16.5. The molecule has 0 N–H and O–H groups in total. The molecule has 1 saturated heterocycles. The van der Waals surface area contributed by atoms with Gasteiger partial charge in [0.2, 0.25) is 5.91 Å². The molecule has 0 aliphatic carbocycles. The second-order valence-corrected chi connectivity index (χ2v) is 7.50. The number of amides is 1. The van der Waals surface area contributed by atoms with Gasteiger partial charge < -0.3 is 9.64 Å². The lowest BCUT2D eigenvalue weighted by Gasteiger charge is -2.47. The van der Waals surface area contributed by atoms with Crippen LogP contribution in [-0.4, -0.2) is 12.5 Å². The zero-order valence-electron chi connectivity index (χ0n) is 16.8. The molecule has 148 valence electrons. The van der Waals surface area contributed by atoms with E-state index < -0.39 is 0 Å². The van der Waals surface area contributed by atoms with E-state index >= 15 is 0 Å². The molecule has 1 aliphatic heterocycles. The van der Waals surface area contributed by atoms with Crippen molar-refractivity contribution in [1.29, 1.82) is 0 Å². The molecule has 3 aromatic rings. The van der Waals surface area contributed by atoms with Crippen molar-refractivity contribution in [3.8, 4) is 5.75 Å². The molecule has 0 spiro atoms. The van der Waals surface area contributed by atoms with Gasteiger partial charge in [0.25, 0.3) is 0 Å². The second kappa shape index (κ2) is 8.95. The summed E-state index contributed by atoms with van der Waals surface area (Å²) in [6, 6.07) is 28.2. The maximum atomic E-state index is 13.1. The molecule has 0 aromatic heterocycles. The fourth-order valence-electron chi connectivity index (χ4n) is 4.00. The van der Waals surface area contributed by atoms with E-state index in [1.165, 1.54) is 12.8 Å². The van der Waals surface area contributed by atoms with Gasteiger partial charge in [0.1, 0.15) is 5.75 Å². The predicted octanol–water partition coefficient (Wildman–Crippen LogP) is 6.13. The Morgan fingerprint density at radius 1 is 0.793 bits per heavy atom. The van der Waals surface area contributed by atoms with Gasteiger partial charge in [0, 0.05) is 5.69 Å². The van der Waals surface area contributed by atoms with E-state index in [4.69, 9.17) is 4.74 Å². The van der Waals surface area contributed by atoms with Gasteiger partial charge in [-0.2, -0.15) is 0 Å². The molecule has 1 amide bonds. The molecule has 0 radical (unpaired) electrons. The summed E-state index contributed by atoms with van der Waals surface area (Å²) in [5.74, 6) is 0.873. The number of hydrogen-bond donors (Lipinski definition) is 0. The summed E-state index contributed by atoms with van der Waals surface area (Å²) in [7, 11) is 0. The average Bonchev–Trinajstić information content (AvgIpc) is 2.77. The number of hydrogen-bond acceptors (Lipinski definition) is 2. The Morgan fingerprint density at radius 2 is 1.45 bits per heavy atom. The summed E-state index contributed by atoms with van der Waals surface area (Å²) >= 11 is 0. The van der Waals surface area contributed by atoms with E-state index in [1.54, 1.807) is 0 Å². The molecule has 3 nitrogen and oxygen atoms in total. The van der Waals surface area contributed by atoms with Crippen molar-refractivity contribution < 1.29 is 9.53 Å². The Hall–Kier alpha value is -3.07. The largest absolute Gasteiger partial charge is 0.494 e. The van der Waals surface area contributed by atoms with Crippen LogP contribution in [0.5, 0.6) is 5.75 Å². The third-order valence-electron chi connectivity index (χ3n) is 5.53. The van der Waals surface area contributed by atoms with Crippen LogP contribution < -0.4 is 9.64 Å². The fraction of sp³-hybridized carbons (Fsp3) is 0.269. The highest BCUT2D eigenvalue weighted by molar-refractivity contribution is 6.06. The minimum absolute atomic E-state index is 0.0126. The van der Waals surface area contributed by atoms with Gasteiger partial charge in [0.15, 0.2) is 0 Å². The van der Waals surface area contributed by atoms with Crippen molar-refractivity contribution >= 4 is 11.6 Å². The SMILES string of the molecule is CCCCCOc1ccc(C2C(c3ccccc3)C(=O)N2c2ccccc2)cc1. The maximum absolute atomic E-state index is 13.1. The smallest absolute Gasteiger partial charge is 0.237 e. The topological polar surface area (TPSA) is 29.5 Å². The minimum Gasteiger partial charge on any atom is -0.494 e. The van der Waals surface area contributed by atoms with E-state index in [0.717, 1.165) is 35.6 Å². The molecule has 1 fully saturated rings. The highest BCUT2D eigenvalue weighted by Gasteiger charge is 2.49. The van der Waals surface area contributed by atoms with Gasteiger partial charge in [-0.05, 0) is 41.8 Å². The summed E-state index contributed by atoms with van der Waals surface area (Å²) in [5.41, 5.74) is 3.13. The molecule has 2 atom stereocenters. The predicted molar refractivity (Wildman–Crippen MR) is 117 cm³/mol. The number of anilines is 1. The van der Waals surface area contributed by atoms with Gasteiger partial charge in [-0.25, -0.2) is 0 Å². The minimum atomic E-state index is -0.160. The standard InChI is InChI=1S/C26H27NO2/c1-2-3-10-19-29-23-17-15-21(16-18-23)25-24(20-11-6-4-7-12-20)26(28)27(25)22-13-8-5-9-14-22/h4-9,11-18,24-25H,2-3,10,19H2,1H3. The molecular weight excluding hydrogens is 358 g/mol. The monoisotopic (exact) mass is 385 g/mol. The molecule has 0 saturated carbocycles. The Balaban J connectivity index is 1.59. The Kier molecular flexibility index (Phi) is 5.95. The Bertz CT molecular complexity index is 872. The number of β-lactam (4-membered cyclic amide) rings is 1. The molecule has 3 heteroatoms. The van der Waals surface area contributed by atoms with Crippen molar-refractivity contribution in [2.24, 2.45) is 0 Å². The molecule has 1 aliphatic rings. The lowest BCUT2D eigenvalue weighted by Crippen LogP contribution is -2.53. The first-order valence-corrected chi connectivity index (χ1v) is 10.5. The molecule has 0 bridgehead atoms. The van der Waals surface area contributed by atoms with Gasteiger partial charge in [-0.3, -0.25) is 4.79 Å². The summed E-state index contributed by atoms with van der Waals surface area (Å²) in [4.78, 5) is 15.0. The summed E-state index contributed by atoms with van der Waals surface area (Å²) < 4.78 is 5.86. The number of carbonyl (C=O) groups is 1.